The SMILES string of the molecule is COCCOc1ccc(N2CCN(C(=O)C3CC(=O)N(c4cccc(C)c4)C3)CC2)nn1. The van der Waals surface area contributed by atoms with E-state index in [0.717, 1.165) is 17.1 Å². The molecule has 2 aliphatic rings. The highest BCUT2D eigenvalue weighted by Gasteiger charge is 2.38. The van der Waals surface area contributed by atoms with Gasteiger partial charge in [-0.1, -0.05) is 12.1 Å². The van der Waals surface area contributed by atoms with Crippen molar-refractivity contribution in [2.45, 2.75) is 13.3 Å². The third-order valence-corrected chi connectivity index (χ3v) is 5.87. The largest absolute Gasteiger partial charge is 0.474 e. The first-order valence-electron chi connectivity index (χ1n) is 10.9. The summed E-state index contributed by atoms with van der Waals surface area (Å²) < 4.78 is 10.4. The number of aryl methyl sites for hydroxylation is 1. The van der Waals surface area contributed by atoms with Crippen LogP contribution in [0, 0.1) is 12.8 Å². The predicted molar refractivity (Wildman–Crippen MR) is 120 cm³/mol. The molecule has 2 aromatic rings. The minimum absolute atomic E-state index is 0.00988. The minimum atomic E-state index is -0.294. The summed E-state index contributed by atoms with van der Waals surface area (Å²) in [6.45, 7) is 5.91. The van der Waals surface area contributed by atoms with Crippen molar-refractivity contribution in [3.63, 3.8) is 0 Å². The first-order valence-corrected chi connectivity index (χ1v) is 10.9. The van der Waals surface area contributed by atoms with Gasteiger partial charge in [-0.3, -0.25) is 9.59 Å². The van der Waals surface area contributed by atoms with Crippen molar-refractivity contribution in [3.05, 3.63) is 42.0 Å². The van der Waals surface area contributed by atoms with Gasteiger partial charge in [-0.05, 0) is 30.7 Å². The number of amides is 2. The monoisotopic (exact) mass is 439 g/mol. The summed E-state index contributed by atoms with van der Waals surface area (Å²) in [7, 11) is 1.62. The number of anilines is 2. The van der Waals surface area contributed by atoms with Crippen LogP contribution in [0.2, 0.25) is 0 Å². The Morgan fingerprint density at radius 3 is 2.59 bits per heavy atom. The van der Waals surface area contributed by atoms with Crippen molar-refractivity contribution in [2.24, 2.45) is 5.92 Å². The molecule has 3 heterocycles. The first-order chi connectivity index (χ1) is 15.5. The molecular formula is C23H29N5O4. The van der Waals surface area contributed by atoms with Gasteiger partial charge in [-0.15, -0.1) is 10.2 Å². The Hall–Kier alpha value is -3.20. The lowest BCUT2D eigenvalue weighted by atomic mass is 10.1. The zero-order valence-corrected chi connectivity index (χ0v) is 18.6. The average Bonchev–Trinajstić information content (AvgIpc) is 3.21. The summed E-state index contributed by atoms with van der Waals surface area (Å²) >= 11 is 0. The quantitative estimate of drug-likeness (QED) is 0.605. The van der Waals surface area contributed by atoms with Crippen molar-refractivity contribution in [1.29, 1.82) is 0 Å². The first kappa shape index (κ1) is 22.0. The molecule has 9 heteroatoms. The van der Waals surface area contributed by atoms with Crippen molar-refractivity contribution in [3.8, 4) is 5.88 Å². The Balaban J connectivity index is 1.29. The summed E-state index contributed by atoms with van der Waals surface area (Å²) in [5.41, 5.74) is 1.96. The van der Waals surface area contributed by atoms with Gasteiger partial charge in [0.05, 0.1) is 12.5 Å². The highest BCUT2D eigenvalue weighted by molar-refractivity contribution is 6.00. The molecule has 1 aromatic heterocycles. The zero-order valence-electron chi connectivity index (χ0n) is 18.6. The summed E-state index contributed by atoms with van der Waals surface area (Å²) in [6, 6.07) is 11.5. The molecule has 0 saturated carbocycles. The highest BCUT2D eigenvalue weighted by atomic mass is 16.5. The van der Waals surface area contributed by atoms with Crippen molar-refractivity contribution >= 4 is 23.3 Å². The molecular weight excluding hydrogens is 410 g/mol. The smallest absolute Gasteiger partial charge is 0.233 e. The van der Waals surface area contributed by atoms with Crippen LogP contribution in [-0.4, -0.2) is 80.0 Å². The number of aromatic nitrogens is 2. The Labute approximate surface area is 187 Å². The Kier molecular flexibility index (Phi) is 6.84. The second-order valence-corrected chi connectivity index (χ2v) is 8.13. The van der Waals surface area contributed by atoms with Gasteiger partial charge in [0, 0.05) is 58.0 Å². The molecule has 32 heavy (non-hydrogen) atoms. The molecule has 170 valence electrons. The number of nitrogens with zero attached hydrogens (tertiary/aromatic N) is 5. The average molecular weight is 440 g/mol. The molecule has 0 N–H and O–H groups in total. The molecule has 4 rings (SSSR count). The van der Waals surface area contributed by atoms with Crippen LogP contribution in [0.1, 0.15) is 12.0 Å². The van der Waals surface area contributed by atoms with Gasteiger partial charge in [0.15, 0.2) is 5.82 Å². The van der Waals surface area contributed by atoms with Crippen molar-refractivity contribution < 1.29 is 19.1 Å². The van der Waals surface area contributed by atoms with Crippen LogP contribution in [0.5, 0.6) is 5.88 Å². The molecule has 9 nitrogen and oxygen atoms in total. The predicted octanol–water partition coefficient (Wildman–Crippen LogP) is 1.51. The molecule has 0 bridgehead atoms. The lowest BCUT2D eigenvalue weighted by Crippen LogP contribution is -2.51. The highest BCUT2D eigenvalue weighted by Crippen LogP contribution is 2.27. The molecule has 2 amide bonds. The second-order valence-electron chi connectivity index (χ2n) is 8.13. The Morgan fingerprint density at radius 2 is 1.91 bits per heavy atom. The minimum Gasteiger partial charge on any atom is -0.474 e. The summed E-state index contributed by atoms with van der Waals surface area (Å²) in [4.78, 5) is 31.3. The van der Waals surface area contributed by atoms with E-state index < -0.39 is 0 Å². The molecule has 1 atom stereocenters. The van der Waals surface area contributed by atoms with Gasteiger partial charge < -0.3 is 24.2 Å². The zero-order chi connectivity index (χ0) is 22.5. The second kappa shape index (κ2) is 9.95. The van der Waals surface area contributed by atoms with E-state index >= 15 is 0 Å². The number of piperazine rings is 1. The molecule has 0 spiro atoms. The van der Waals surface area contributed by atoms with E-state index in [4.69, 9.17) is 9.47 Å². The van der Waals surface area contributed by atoms with Gasteiger partial charge in [-0.25, -0.2) is 0 Å². The molecule has 1 aromatic carbocycles. The van der Waals surface area contributed by atoms with Crippen LogP contribution < -0.4 is 14.5 Å². The number of carbonyl (C=O) groups is 2. The summed E-state index contributed by atoms with van der Waals surface area (Å²) in [6.07, 6.45) is 0.267. The lowest BCUT2D eigenvalue weighted by Gasteiger charge is -2.36. The third kappa shape index (κ3) is 4.99. The maximum absolute atomic E-state index is 13.1. The van der Waals surface area contributed by atoms with Gasteiger partial charge in [-0.2, -0.15) is 0 Å². The fourth-order valence-electron chi connectivity index (χ4n) is 4.12. The Morgan fingerprint density at radius 1 is 1.09 bits per heavy atom. The van der Waals surface area contributed by atoms with Gasteiger partial charge in [0.1, 0.15) is 6.61 Å². The van der Waals surface area contributed by atoms with Gasteiger partial charge >= 0.3 is 0 Å². The van der Waals surface area contributed by atoms with E-state index in [1.165, 1.54) is 0 Å². The molecule has 2 aliphatic heterocycles. The van der Waals surface area contributed by atoms with Crippen molar-refractivity contribution in [2.75, 3.05) is 62.8 Å². The van der Waals surface area contributed by atoms with E-state index in [2.05, 4.69) is 15.1 Å². The lowest BCUT2D eigenvalue weighted by molar-refractivity contribution is -0.136. The van der Waals surface area contributed by atoms with E-state index in [9.17, 15) is 9.59 Å². The number of ether oxygens (including phenoxy) is 2. The van der Waals surface area contributed by atoms with Crippen LogP contribution in [-0.2, 0) is 14.3 Å². The standard InChI is InChI=1S/C23H29N5O4/c1-17-4-3-5-19(14-17)28-16-18(15-22(28)29)23(30)27-10-8-26(9-11-27)20-6-7-21(25-24-20)32-13-12-31-2/h3-7,14,18H,8-13,15-16H2,1-2H3. The molecule has 0 aliphatic carbocycles. The summed E-state index contributed by atoms with van der Waals surface area (Å²) in [5, 5.41) is 8.35. The van der Waals surface area contributed by atoms with E-state index in [-0.39, 0.29) is 24.2 Å². The topological polar surface area (TPSA) is 88.1 Å². The number of hydrogen-bond donors (Lipinski definition) is 0. The van der Waals surface area contributed by atoms with Gasteiger partial charge in [0.2, 0.25) is 17.7 Å². The van der Waals surface area contributed by atoms with Crippen molar-refractivity contribution in [1.82, 2.24) is 15.1 Å². The number of carbonyl (C=O) groups excluding carboxylic acids is 2. The fourth-order valence-corrected chi connectivity index (χ4v) is 4.12. The maximum Gasteiger partial charge on any atom is 0.233 e. The van der Waals surface area contributed by atoms with E-state index in [0.29, 0.717) is 51.8 Å². The number of benzene rings is 1. The number of hydrogen-bond acceptors (Lipinski definition) is 7. The van der Waals surface area contributed by atoms with Gasteiger partial charge in [0.25, 0.3) is 0 Å². The van der Waals surface area contributed by atoms with E-state index in [1.54, 1.807) is 18.1 Å². The maximum atomic E-state index is 13.1. The normalized spacial score (nSPS) is 18.9. The van der Waals surface area contributed by atoms with Crippen LogP contribution in [0.4, 0.5) is 11.5 Å². The molecule has 2 fully saturated rings. The number of rotatable bonds is 7. The molecule has 1 unspecified atom stereocenters. The van der Waals surface area contributed by atoms with E-state index in [1.807, 2.05) is 42.2 Å². The molecule has 2 saturated heterocycles. The number of methoxy groups -OCH3 is 1. The van der Waals surface area contributed by atoms with Crippen LogP contribution in [0.3, 0.4) is 0 Å². The van der Waals surface area contributed by atoms with Crippen LogP contribution >= 0.6 is 0 Å². The molecule has 0 radical (unpaired) electrons. The van der Waals surface area contributed by atoms with Crippen LogP contribution in [0.15, 0.2) is 36.4 Å². The van der Waals surface area contributed by atoms with Crippen LogP contribution in [0.25, 0.3) is 0 Å². The fraction of sp³-hybridized carbons (Fsp3) is 0.478. The Bertz CT molecular complexity index is 944. The summed E-state index contributed by atoms with van der Waals surface area (Å²) in [5.74, 6) is 0.996. The third-order valence-electron chi connectivity index (χ3n) is 5.87.